The zero-order valence-corrected chi connectivity index (χ0v) is 13.3. The topological polar surface area (TPSA) is 115 Å². The number of halogens is 1. The number of nitro groups is 1. The molecule has 2 aromatic carbocycles. The molecule has 0 aliphatic rings. The van der Waals surface area contributed by atoms with E-state index in [-0.39, 0.29) is 29.2 Å². The second-order valence-electron chi connectivity index (χ2n) is 5.05. The number of carbonyl (C=O) groups is 1. The monoisotopic (exact) mass is 359 g/mol. The minimum atomic E-state index is -0.691. The first-order valence-corrected chi connectivity index (χ1v) is 7.42. The second kappa shape index (κ2) is 6.70. The number of aromatic amines is 1. The van der Waals surface area contributed by atoms with Crippen LogP contribution in [-0.2, 0) is 11.3 Å². The summed E-state index contributed by atoms with van der Waals surface area (Å²) in [6.07, 6.45) is 0. The van der Waals surface area contributed by atoms with Gasteiger partial charge < -0.3 is 9.72 Å². The SMILES string of the molecule is O=C(OCc1nc2cc(Cl)ccc2c(=O)[nH]1)c1ccc([N+](=O)[O-])cc1. The van der Waals surface area contributed by atoms with Crippen LogP contribution in [0.4, 0.5) is 5.69 Å². The molecule has 0 unspecified atom stereocenters. The minimum Gasteiger partial charge on any atom is -0.454 e. The zero-order valence-electron chi connectivity index (χ0n) is 12.6. The molecule has 8 nitrogen and oxygen atoms in total. The van der Waals surface area contributed by atoms with Crippen molar-refractivity contribution in [1.29, 1.82) is 0 Å². The maximum Gasteiger partial charge on any atom is 0.338 e. The molecule has 0 aliphatic carbocycles. The van der Waals surface area contributed by atoms with Gasteiger partial charge in [0.1, 0.15) is 12.4 Å². The van der Waals surface area contributed by atoms with Crippen molar-refractivity contribution in [2.75, 3.05) is 0 Å². The fraction of sp³-hybridized carbons (Fsp3) is 0.0625. The summed E-state index contributed by atoms with van der Waals surface area (Å²) in [6, 6.07) is 9.65. The number of H-pyrrole nitrogens is 1. The van der Waals surface area contributed by atoms with E-state index in [0.29, 0.717) is 15.9 Å². The van der Waals surface area contributed by atoms with Gasteiger partial charge in [0.05, 0.1) is 21.4 Å². The Balaban J connectivity index is 1.76. The predicted octanol–water partition coefficient (Wildman–Crippen LogP) is 2.84. The smallest absolute Gasteiger partial charge is 0.338 e. The van der Waals surface area contributed by atoms with Gasteiger partial charge in [-0.05, 0) is 30.3 Å². The Labute approximate surface area is 145 Å². The summed E-state index contributed by atoms with van der Waals surface area (Å²) >= 11 is 5.88. The Hall–Kier alpha value is -3.26. The molecule has 1 N–H and O–H groups in total. The minimum absolute atomic E-state index is 0.131. The molecule has 0 atom stereocenters. The third kappa shape index (κ3) is 3.64. The molecule has 0 amide bonds. The van der Waals surface area contributed by atoms with E-state index in [0.717, 1.165) is 0 Å². The molecule has 0 radical (unpaired) electrons. The average molecular weight is 360 g/mol. The molecule has 0 aliphatic heterocycles. The Morgan fingerprint density at radius 1 is 1.24 bits per heavy atom. The highest BCUT2D eigenvalue weighted by atomic mass is 35.5. The number of carbonyl (C=O) groups excluding carboxylic acids is 1. The highest BCUT2D eigenvalue weighted by Crippen LogP contribution is 2.15. The molecule has 9 heteroatoms. The van der Waals surface area contributed by atoms with Crippen LogP contribution in [0, 0.1) is 10.1 Å². The third-order valence-corrected chi connectivity index (χ3v) is 3.61. The number of nitro benzene ring substituents is 1. The zero-order chi connectivity index (χ0) is 18.0. The summed E-state index contributed by atoms with van der Waals surface area (Å²) < 4.78 is 5.07. The summed E-state index contributed by atoms with van der Waals surface area (Å²) in [4.78, 5) is 40.7. The molecule has 3 rings (SSSR count). The van der Waals surface area contributed by atoms with Crippen LogP contribution in [0.25, 0.3) is 10.9 Å². The molecule has 0 bridgehead atoms. The van der Waals surface area contributed by atoms with Gasteiger partial charge in [-0.2, -0.15) is 0 Å². The van der Waals surface area contributed by atoms with Crippen molar-refractivity contribution in [3.63, 3.8) is 0 Å². The number of ether oxygens (including phenoxy) is 1. The first kappa shape index (κ1) is 16.6. The van der Waals surface area contributed by atoms with Crippen molar-refractivity contribution in [1.82, 2.24) is 9.97 Å². The lowest BCUT2D eigenvalue weighted by atomic mass is 10.2. The molecule has 1 aromatic heterocycles. The Bertz CT molecular complexity index is 1030. The molecule has 25 heavy (non-hydrogen) atoms. The van der Waals surface area contributed by atoms with Crippen LogP contribution in [0.2, 0.25) is 5.02 Å². The molecule has 1 heterocycles. The van der Waals surface area contributed by atoms with Crippen molar-refractivity contribution < 1.29 is 14.5 Å². The van der Waals surface area contributed by atoms with Crippen LogP contribution < -0.4 is 5.56 Å². The molecule has 0 spiro atoms. The maximum atomic E-state index is 12.0. The molecule has 0 saturated carbocycles. The van der Waals surface area contributed by atoms with Gasteiger partial charge in [0, 0.05) is 17.2 Å². The van der Waals surface area contributed by atoms with E-state index in [1.807, 2.05) is 0 Å². The standard InChI is InChI=1S/C16H10ClN3O5/c17-10-3-6-12-13(7-10)18-14(19-15(12)21)8-25-16(22)9-1-4-11(5-2-9)20(23)24/h1-7H,8H2,(H,18,19,21). The van der Waals surface area contributed by atoms with Crippen LogP contribution in [0.15, 0.2) is 47.3 Å². The van der Waals surface area contributed by atoms with Gasteiger partial charge in [0.15, 0.2) is 0 Å². The summed E-state index contributed by atoms with van der Waals surface area (Å²) in [5.41, 5.74) is 0.0337. The van der Waals surface area contributed by atoms with E-state index in [1.54, 1.807) is 12.1 Å². The number of rotatable bonds is 4. The van der Waals surface area contributed by atoms with E-state index in [9.17, 15) is 19.7 Å². The van der Waals surface area contributed by atoms with E-state index in [2.05, 4.69) is 9.97 Å². The lowest BCUT2D eigenvalue weighted by molar-refractivity contribution is -0.384. The molecule has 0 fully saturated rings. The summed E-state index contributed by atoms with van der Waals surface area (Å²) in [6.45, 7) is -0.256. The average Bonchev–Trinajstić information content (AvgIpc) is 2.59. The number of hydrogen-bond donors (Lipinski definition) is 1. The van der Waals surface area contributed by atoms with Crippen molar-refractivity contribution >= 4 is 34.2 Å². The van der Waals surface area contributed by atoms with E-state index in [1.165, 1.54) is 30.3 Å². The highest BCUT2D eigenvalue weighted by Gasteiger charge is 2.12. The van der Waals surface area contributed by atoms with Gasteiger partial charge in [-0.15, -0.1) is 0 Å². The molecule has 3 aromatic rings. The van der Waals surface area contributed by atoms with Crippen LogP contribution >= 0.6 is 11.6 Å². The summed E-state index contributed by atoms with van der Waals surface area (Å²) in [7, 11) is 0. The molecular weight excluding hydrogens is 350 g/mol. The van der Waals surface area contributed by atoms with Gasteiger partial charge in [0.2, 0.25) is 0 Å². The number of nitrogens with one attached hydrogen (secondary N) is 1. The normalized spacial score (nSPS) is 10.6. The number of non-ortho nitro benzene ring substituents is 1. The number of benzene rings is 2. The van der Waals surface area contributed by atoms with Gasteiger partial charge in [-0.3, -0.25) is 14.9 Å². The van der Waals surface area contributed by atoms with Crippen LogP contribution in [0.5, 0.6) is 0 Å². The molecule has 126 valence electrons. The second-order valence-corrected chi connectivity index (χ2v) is 5.49. The fourth-order valence-corrected chi connectivity index (χ4v) is 2.33. The number of hydrogen-bond acceptors (Lipinski definition) is 6. The van der Waals surface area contributed by atoms with Gasteiger partial charge in [0.25, 0.3) is 11.2 Å². The molecular formula is C16H10ClN3O5. The van der Waals surface area contributed by atoms with Crippen molar-refractivity contribution in [3.8, 4) is 0 Å². The van der Waals surface area contributed by atoms with Crippen LogP contribution in [0.3, 0.4) is 0 Å². The van der Waals surface area contributed by atoms with Crippen molar-refractivity contribution in [3.05, 3.63) is 79.3 Å². The quantitative estimate of drug-likeness (QED) is 0.435. The molecule has 0 saturated heterocycles. The number of fused-ring (bicyclic) bond motifs is 1. The Morgan fingerprint density at radius 2 is 1.96 bits per heavy atom. The maximum absolute atomic E-state index is 12.0. The number of nitrogens with zero attached hydrogens (tertiary/aromatic N) is 2. The van der Waals surface area contributed by atoms with Crippen LogP contribution in [-0.4, -0.2) is 20.9 Å². The first-order chi connectivity index (χ1) is 11.9. The number of esters is 1. The van der Waals surface area contributed by atoms with Crippen molar-refractivity contribution in [2.45, 2.75) is 6.61 Å². The Kier molecular flexibility index (Phi) is 4.44. The van der Waals surface area contributed by atoms with Crippen molar-refractivity contribution in [2.24, 2.45) is 0 Å². The predicted molar refractivity (Wildman–Crippen MR) is 89.6 cm³/mol. The van der Waals surface area contributed by atoms with Crippen LogP contribution in [0.1, 0.15) is 16.2 Å². The lowest BCUT2D eigenvalue weighted by Crippen LogP contribution is -2.14. The van der Waals surface area contributed by atoms with Gasteiger partial charge in [-0.25, -0.2) is 9.78 Å². The van der Waals surface area contributed by atoms with E-state index in [4.69, 9.17) is 16.3 Å². The largest absolute Gasteiger partial charge is 0.454 e. The Morgan fingerprint density at radius 3 is 2.64 bits per heavy atom. The highest BCUT2D eigenvalue weighted by molar-refractivity contribution is 6.31. The third-order valence-electron chi connectivity index (χ3n) is 3.37. The van der Waals surface area contributed by atoms with Gasteiger partial charge in [-0.1, -0.05) is 11.6 Å². The lowest BCUT2D eigenvalue weighted by Gasteiger charge is -2.05. The fourth-order valence-electron chi connectivity index (χ4n) is 2.17. The van der Waals surface area contributed by atoms with Gasteiger partial charge >= 0.3 is 5.97 Å². The van der Waals surface area contributed by atoms with E-state index >= 15 is 0 Å². The summed E-state index contributed by atoms with van der Waals surface area (Å²) in [5, 5.41) is 11.4. The number of aromatic nitrogens is 2. The summed E-state index contributed by atoms with van der Waals surface area (Å²) in [5.74, 6) is -0.529. The first-order valence-electron chi connectivity index (χ1n) is 7.04. The van der Waals surface area contributed by atoms with E-state index < -0.39 is 10.9 Å².